The second kappa shape index (κ2) is 11.7. The van der Waals surface area contributed by atoms with E-state index in [-0.39, 0.29) is 12.5 Å². The predicted molar refractivity (Wildman–Crippen MR) is 145 cm³/mol. The minimum Gasteiger partial charge on any atom is -0.490 e. The lowest BCUT2D eigenvalue weighted by Crippen LogP contribution is -2.19. The normalized spacial score (nSPS) is 15.5. The molecule has 1 saturated heterocycles. The number of nitrogens with one attached hydrogen (secondary N) is 1. The molecule has 4 rings (SSSR count). The van der Waals surface area contributed by atoms with Gasteiger partial charge in [0, 0.05) is 15.6 Å². The molecular weight excluding hydrogens is 503 g/mol. The number of amides is 1. The maximum absolute atomic E-state index is 12.5. The fourth-order valence-electron chi connectivity index (χ4n) is 3.35. The van der Waals surface area contributed by atoms with Gasteiger partial charge in [0.15, 0.2) is 16.7 Å². The van der Waals surface area contributed by atoms with Gasteiger partial charge in [0.1, 0.15) is 6.61 Å². The Hall–Kier alpha value is -2.93. The Morgan fingerprint density at radius 3 is 2.49 bits per heavy atom. The van der Waals surface area contributed by atoms with Crippen molar-refractivity contribution in [2.75, 3.05) is 6.61 Å². The van der Waals surface area contributed by atoms with Crippen LogP contribution < -0.4 is 14.8 Å². The third-order valence-corrected chi connectivity index (χ3v) is 6.69. The van der Waals surface area contributed by atoms with E-state index in [9.17, 15) is 4.79 Å². The summed E-state index contributed by atoms with van der Waals surface area (Å²) in [5, 5.41) is 4.49. The van der Waals surface area contributed by atoms with Gasteiger partial charge in [-0.05, 0) is 78.7 Å². The summed E-state index contributed by atoms with van der Waals surface area (Å²) < 4.78 is 11.8. The molecule has 1 amide bonds. The Morgan fingerprint density at radius 2 is 1.77 bits per heavy atom. The van der Waals surface area contributed by atoms with Gasteiger partial charge in [-0.1, -0.05) is 54.4 Å². The maximum atomic E-state index is 12.5. The second-order valence-corrected chi connectivity index (χ2v) is 9.54. The molecule has 1 aliphatic heterocycles. The number of thioether (sulfide) groups is 1. The molecule has 0 atom stereocenters. The van der Waals surface area contributed by atoms with Crippen molar-refractivity contribution in [3.8, 4) is 11.5 Å². The number of ether oxygens (including phenoxy) is 2. The summed E-state index contributed by atoms with van der Waals surface area (Å²) in [4.78, 5) is 17.6. The largest absolute Gasteiger partial charge is 0.490 e. The Balaban J connectivity index is 1.50. The van der Waals surface area contributed by atoms with Gasteiger partial charge in [0.2, 0.25) is 0 Å². The van der Waals surface area contributed by atoms with E-state index in [0.717, 1.165) is 23.2 Å². The highest BCUT2D eigenvalue weighted by Crippen LogP contribution is 2.33. The van der Waals surface area contributed by atoms with E-state index in [2.05, 4.69) is 17.2 Å². The van der Waals surface area contributed by atoms with Gasteiger partial charge in [0.05, 0.1) is 17.2 Å². The van der Waals surface area contributed by atoms with Gasteiger partial charge in [-0.25, -0.2) is 4.99 Å². The molecule has 1 aliphatic rings. The second-order valence-electron chi connectivity index (χ2n) is 7.67. The minimum absolute atomic E-state index is 0.186. The van der Waals surface area contributed by atoms with Crippen LogP contribution in [0.3, 0.4) is 0 Å². The Labute approximate surface area is 219 Å². The van der Waals surface area contributed by atoms with E-state index in [0.29, 0.717) is 38.2 Å². The average Bonchev–Trinajstić information content (AvgIpc) is 3.18. The molecule has 8 heteroatoms. The molecule has 3 aromatic rings. The van der Waals surface area contributed by atoms with Crippen LogP contribution in [0.2, 0.25) is 10.0 Å². The number of amidine groups is 1. The molecule has 0 saturated carbocycles. The molecule has 0 spiro atoms. The van der Waals surface area contributed by atoms with E-state index < -0.39 is 0 Å². The highest BCUT2D eigenvalue weighted by molar-refractivity contribution is 8.18. The van der Waals surface area contributed by atoms with Crippen LogP contribution in [0.4, 0.5) is 5.69 Å². The number of aliphatic imine (C=N–C) groups is 1. The zero-order valence-electron chi connectivity index (χ0n) is 19.3. The van der Waals surface area contributed by atoms with Crippen LogP contribution in [0.15, 0.2) is 70.6 Å². The molecule has 0 radical (unpaired) electrons. The molecule has 1 heterocycles. The molecule has 1 N–H and O–H groups in total. The van der Waals surface area contributed by atoms with Crippen LogP contribution in [-0.4, -0.2) is 17.7 Å². The molecule has 1 fully saturated rings. The molecule has 0 aliphatic carbocycles. The molecule has 3 aromatic carbocycles. The van der Waals surface area contributed by atoms with Crippen molar-refractivity contribution in [3.63, 3.8) is 0 Å². The molecule has 5 nitrogen and oxygen atoms in total. The Bertz CT molecular complexity index is 1290. The third kappa shape index (κ3) is 6.60. The topological polar surface area (TPSA) is 59.9 Å². The van der Waals surface area contributed by atoms with E-state index in [4.69, 9.17) is 32.7 Å². The summed E-state index contributed by atoms with van der Waals surface area (Å²) in [6.07, 6.45) is 2.78. The maximum Gasteiger partial charge on any atom is 0.264 e. The molecule has 0 unspecified atom stereocenters. The number of carbonyl (C=O) groups is 1. The van der Waals surface area contributed by atoms with Gasteiger partial charge in [-0.15, -0.1) is 0 Å². The van der Waals surface area contributed by atoms with Crippen molar-refractivity contribution in [3.05, 3.63) is 92.3 Å². The van der Waals surface area contributed by atoms with Gasteiger partial charge in [-0.2, -0.15) is 0 Å². The van der Waals surface area contributed by atoms with Crippen molar-refractivity contribution in [2.24, 2.45) is 4.99 Å². The summed E-state index contributed by atoms with van der Waals surface area (Å²) in [7, 11) is 0. The SMILES string of the molecule is CCOc1cc(/C=C2\SC(=Nc3ccc(CC)cc3)NC2=O)ccc1OCc1ccc(Cl)cc1Cl. The summed E-state index contributed by atoms with van der Waals surface area (Å²) in [5.41, 5.74) is 3.68. The Morgan fingerprint density at radius 1 is 0.971 bits per heavy atom. The quantitative estimate of drug-likeness (QED) is 0.310. The fraction of sp³-hybridized carbons (Fsp3) is 0.185. The lowest BCUT2D eigenvalue weighted by atomic mass is 10.1. The standard InChI is InChI=1S/C27H24Cl2N2O3S/c1-3-17-5-10-21(11-6-17)30-27-31-26(32)25(35-27)14-18-7-12-23(24(13-18)33-4-2)34-16-19-8-9-20(28)15-22(19)29/h5-15H,3-4,16H2,1-2H3,(H,30,31,32)/b25-14-. The number of carbonyl (C=O) groups excluding carboxylic acids is 1. The first-order chi connectivity index (χ1) is 16.9. The van der Waals surface area contributed by atoms with Crippen molar-refractivity contribution < 1.29 is 14.3 Å². The highest BCUT2D eigenvalue weighted by Gasteiger charge is 2.24. The van der Waals surface area contributed by atoms with Gasteiger partial charge < -0.3 is 14.8 Å². The van der Waals surface area contributed by atoms with E-state index in [1.807, 2.05) is 61.5 Å². The molecule has 0 aromatic heterocycles. The smallest absolute Gasteiger partial charge is 0.264 e. The first kappa shape index (κ1) is 25.2. The monoisotopic (exact) mass is 526 g/mol. The zero-order chi connectivity index (χ0) is 24.8. The number of hydrogen-bond acceptors (Lipinski definition) is 5. The van der Waals surface area contributed by atoms with Gasteiger partial charge in [0.25, 0.3) is 5.91 Å². The van der Waals surface area contributed by atoms with Crippen molar-refractivity contribution in [1.29, 1.82) is 0 Å². The number of nitrogens with zero attached hydrogens (tertiary/aromatic N) is 1. The molecule has 0 bridgehead atoms. The van der Waals surface area contributed by atoms with E-state index in [1.165, 1.54) is 17.3 Å². The summed E-state index contributed by atoms with van der Waals surface area (Å²) in [6, 6.07) is 18.8. The van der Waals surface area contributed by atoms with Crippen molar-refractivity contribution in [1.82, 2.24) is 5.32 Å². The number of aryl methyl sites for hydroxylation is 1. The summed E-state index contributed by atoms with van der Waals surface area (Å²) in [5.74, 6) is 0.983. The molecule has 35 heavy (non-hydrogen) atoms. The third-order valence-electron chi connectivity index (χ3n) is 5.19. The Kier molecular flexibility index (Phi) is 8.39. The summed E-state index contributed by atoms with van der Waals surface area (Å²) in [6.45, 7) is 4.76. The van der Waals surface area contributed by atoms with Gasteiger partial charge >= 0.3 is 0 Å². The molecular formula is C27H24Cl2N2O3S. The summed E-state index contributed by atoms with van der Waals surface area (Å²) >= 11 is 13.5. The molecule has 180 valence electrons. The highest BCUT2D eigenvalue weighted by atomic mass is 35.5. The average molecular weight is 527 g/mol. The van der Waals surface area contributed by atoms with Crippen LogP contribution in [0, 0.1) is 0 Å². The van der Waals surface area contributed by atoms with Crippen LogP contribution >= 0.6 is 35.0 Å². The predicted octanol–water partition coefficient (Wildman–Crippen LogP) is 7.43. The van der Waals surface area contributed by atoms with Crippen LogP contribution in [0.5, 0.6) is 11.5 Å². The zero-order valence-corrected chi connectivity index (χ0v) is 21.6. The van der Waals surface area contributed by atoms with Gasteiger partial charge in [-0.3, -0.25) is 4.79 Å². The lowest BCUT2D eigenvalue weighted by Gasteiger charge is -2.13. The first-order valence-electron chi connectivity index (χ1n) is 11.2. The van der Waals surface area contributed by atoms with E-state index in [1.54, 1.807) is 12.1 Å². The van der Waals surface area contributed by atoms with Crippen LogP contribution in [0.25, 0.3) is 6.08 Å². The lowest BCUT2D eigenvalue weighted by molar-refractivity contribution is -0.115. The first-order valence-corrected chi connectivity index (χ1v) is 12.7. The number of benzene rings is 3. The minimum atomic E-state index is -0.186. The van der Waals surface area contributed by atoms with E-state index >= 15 is 0 Å². The fourth-order valence-corrected chi connectivity index (χ4v) is 4.66. The van der Waals surface area contributed by atoms with Crippen LogP contribution in [-0.2, 0) is 17.8 Å². The number of hydrogen-bond donors (Lipinski definition) is 1. The number of rotatable bonds is 8. The van der Waals surface area contributed by atoms with Crippen LogP contribution in [0.1, 0.15) is 30.5 Å². The van der Waals surface area contributed by atoms with Crippen molar-refractivity contribution >= 4 is 57.8 Å². The number of halogens is 2. The van der Waals surface area contributed by atoms with Crippen molar-refractivity contribution in [2.45, 2.75) is 26.9 Å².